The maximum atomic E-state index is 12.0. The highest BCUT2D eigenvalue weighted by molar-refractivity contribution is 5.95. The van der Waals surface area contributed by atoms with Gasteiger partial charge in [-0.15, -0.1) is 0 Å². The minimum absolute atomic E-state index is 0.207. The van der Waals surface area contributed by atoms with Crippen LogP contribution in [0.4, 0.5) is 4.79 Å². The first kappa shape index (κ1) is 17.2. The quantitative estimate of drug-likeness (QED) is 0.712. The van der Waals surface area contributed by atoms with Gasteiger partial charge in [-0.3, -0.25) is 15.0 Å². The van der Waals surface area contributed by atoms with E-state index < -0.39 is 0 Å². The number of carbonyl (C=O) groups is 2. The van der Waals surface area contributed by atoms with Gasteiger partial charge in [0.25, 0.3) is 0 Å². The van der Waals surface area contributed by atoms with Gasteiger partial charge in [-0.25, -0.2) is 4.79 Å². The zero-order chi connectivity index (χ0) is 15.8. The lowest BCUT2D eigenvalue weighted by molar-refractivity contribution is -0.121. The monoisotopic (exact) mass is 310 g/mol. The zero-order valence-electron chi connectivity index (χ0n) is 13.5. The smallest absolute Gasteiger partial charge is 0.321 e. The Labute approximate surface area is 133 Å². The van der Waals surface area contributed by atoms with Crippen LogP contribution in [0.1, 0.15) is 51.4 Å². The maximum absolute atomic E-state index is 12.0. The van der Waals surface area contributed by atoms with Crippen LogP contribution in [0.5, 0.6) is 0 Å². The Morgan fingerprint density at radius 2 is 1.86 bits per heavy atom. The molecule has 126 valence electrons. The molecule has 3 amide bonds. The first-order valence-corrected chi connectivity index (χ1v) is 8.70. The largest absolute Gasteiger partial charge is 0.335 e. The van der Waals surface area contributed by atoms with Crippen LogP contribution in [-0.4, -0.2) is 49.1 Å². The minimum atomic E-state index is -0.340. The molecule has 1 atom stereocenters. The van der Waals surface area contributed by atoms with Crippen LogP contribution in [-0.2, 0) is 4.79 Å². The van der Waals surface area contributed by atoms with Gasteiger partial charge in [0.1, 0.15) is 0 Å². The number of nitrogens with zero attached hydrogens (tertiary/aromatic N) is 1. The van der Waals surface area contributed by atoms with Gasteiger partial charge in [0, 0.05) is 12.6 Å². The second-order valence-corrected chi connectivity index (χ2v) is 6.68. The summed E-state index contributed by atoms with van der Waals surface area (Å²) in [5.74, 6) is 0.379. The maximum Gasteiger partial charge on any atom is 0.321 e. The van der Waals surface area contributed by atoms with Crippen LogP contribution < -0.4 is 16.4 Å². The number of urea groups is 1. The van der Waals surface area contributed by atoms with E-state index >= 15 is 0 Å². The summed E-state index contributed by atoms with van der Waals surface area (Å²) in [6.45, 7) is 2.85. The van der Waals surface area contributed by atoms with E-state index in [1.165, 1.54) is 12.8 Å². The summed E-state index contributed by atoms with van der Waals surface area (Å²) in [6.07, 6.45) is 8.93. The number of piperidine rings is 1. The average molecular weight is 310 g/mol. The lowest BCUT2D eigenvalue weighted by Gasteiger charge is -2.32. The summed E-state index contributed by atoms with van der Waals surface area (Å²) in [6, 6.07) is -0.113. The summed E-state index contributed by atoms with van der Waals surface area (Å²) in [5.41, 5.74) is 5.61. The van der Waals surface area contributed by atoms with Crippen molar-refractivity contribution < 1.29 is 9.59 Å². The van der Waals surface area contributed by atoms with Crippen LogP contribution in [0.25, 0.3) is 0 Å². The van der Waals surface area contributed by atoms with Gasteiger partial charge in [0.15, 0.2) is 0 Å². The normalized spacial score (nSPS) is 24.0. The molecule has 2 fully saturated rings. The topological polar surface area (TPSA) is 87.5 Å². The van der Waals surface area contributed by atoms with Gasteiger partial charge in [-0.05, 0) is 51.1 Å². The molecule has 0 aromatic heterocycles. The zero-order valence-corrected chi connectivity index (χ0v) is 13.5. The fourth-order valence-electron chi connectivity index (χ4n) is 3.60. The number of likely N-dealkylation sites (tertiary alicyclic amines) is 1. The second-order valence-electron chi connectivity index (χ2n) is 6.68. The molecule has 0 bridgehead atoms. The van der Waals surface area contributed by atoms with Gasteiger partial charge in [0.2, 0.25) is 5.91 Å². The standard InChI is InChI=1S/C16H30N4O2/c17-9-8-13-5-4-10-20(11-13)12-15(21)19-16(22)18-14-6-2-1-3-7-14/h13-14H,1-12,17H2,(H2,18,19,21,22). The van der Waals surface area contributed by atoms with Gasteiger partial charge < -0.3 is 11.1 Å². The fraction of sp³-hybridized carbons (Fsp3) is 0.875. The Kier molecular flexibility index (Phi) is 7.12. The second kappa shape index (κ2) is 9.10. The molecule has 2 rings (SSSR count). The number of carbonyl (C=O) groups excluding carboxylic acids is 2. The molecule has 0 spiro atoms. The van der Waals surface area contributed by atoms with Crippen LogP contribution >= 0.6 is 0 Å². The third kappa shape index (κ3) is 5.93. The molecule has 4 N–H and O–H groups in total. The Morgan fingerprint density at radius 3 is 2.59 bits per heavy atom. The summed E-state index contributed by atoms with van der Waals surface area (Å²) >= 11 is 0. The summed E-state index contributed by atoms with van der Waals surface area (Å²) in [5, 5.41) is 5.38. The molecule has 6 heteroatoms. The summed E-state index contributed by atoms with van der Waals surface area (Å²) in [4.78, 5) is 26.0. The van der Waals surface area contributed by atoms with Crippen molar-refractivity contribution in [3.05, 3.63) is 0 Å². The van der Waals surface area contributed by atoms with Crippen molar-refractivity contribution in [2.45, 2.75) is 57.4 Å². The Morgan fingerprint density at radius 1 is 1.09 bits per heavy atom. The van der Waals surface area contributed by atoms with Crippen molar-refractivity contribution in [2.24, 2.45) is 11.7 Å². The fourth-order valence-corrected chi connectivity index (χ4v) is 3.60. The van der Waals surface area contributed by atoms with Gasteiger partial charge in [0.05, 0.1) is 6.54 Å². The molecule has 1 unspecified atom stereocenters. The first-order valence-electron chi connectivity index (χ1n) is 8.70. The molecule has 1 aliphatic heterocycles. The van der Waals surface area contributed by atoms with E-state index in [4.69, 9.17) is 5.73 Å². The minimum Gasteiger partial charge on any atom is -0.335 e. The Balaban J connectivity index is 1.66. The molecular formula is C16H30N4O2. The summed E-state index contributed by atoms with van der Waals surface area (Å²) < 4.78 is 0. The highest BCUT2D eigenvalue weighted by Crippen LogP contribution is 2.19. The molecule has 0 aromatic carbocycles. The molecule has 2 aliphatic rings. The molecule has 0 radical (unpaired) electrons. The van der Waals surface area contributed by atoms with Crippen LogP contribution in [0.2, 0.25) is 0 Å². The molecule has 1 saturated carbocycles. The van der Waals surface area contributed by atoms with E-state index in [1.54, 1.807) is 0 Å². The Bertz CT molecular complexity index is 367. The number of amides is 3. The summed E-state index contributed by atoms with van der Waals surface area (Å²) in [7, 11) is 0. The predicted octanol–water partition coefficient (Wildman–Crippen LogP) is 1.21. The Hall–Kier alpha value is -1.14. The van der Waals surface area contributed by atoms with Crippen LogP contribution in [0.3, 0.4) is 0 Å². The van der Waals surface area contributed by atoms with E-state index in [-0.39, 0.29) is 18.0 Å². The number of nitrogens with one attached hydrogen (secondary N) is 2. The predicted molar refractivity (Wildman–Crippen MR) is 86.4 cm³/mol. The van der Waals surface area contributed by atoms with E-state index in [0.717, 1.165) is 51.6 Å². The molecule has 6 nitrogen and oxygen atoms in total. The van der Waals surface area contributed by atoms with Crippen molar-refractivity contribution in [2.75, 3.05) is 26.2 Å². The van der Waals surface area contributed by atoms with Crippen molar-refractivity contribution in [1.29, 1.82) is 0 Å². The number of nitrogens with two attached hydrogens (primary N) is 1. The van der Waals surface area contributed by atoms with Crippen molar-refractivity contribution >= 4 is 11.9 Å². The van der Waals surface area contributed by atoms with Crippen molar-refractivity contribution in [3.8, 4) is 0 Å². The molecular weight excluding hydrogens is 280 g/mol. The highest BCUT2D eigenvalue weighted by Gasteiger charge is 2.22. The van der Waals surface area contributed by atoms with Crippen molar-refractivity contribution in [3.63, 3.8) is 0 Å². The van der Waals surface area contributed by atoms with E-state index in [2.05, 4.69) is 15.5 Å². The van der Waals surface area contributed by atoms with E-state index in [9.17, 15) is 9.59 Å². The first-order chi connectivity index (χ1) is 10.7. The molecule has 22 heavy (non-hydrogen) atoms. The van der Waals surface area contributed by atoms with Crippen LogP contribution in [0, 0.1) is 5.92 Å². The van der Waals surface area contributed by atoms with Crippen LogP contribution in [0.15, 0.2) is 0 Å². The number of hydrogen-bond donors (Lipinski definition) is 3. The number of rotatable bonds is 5. The molecule has 1 aliphatic carbocycles. The van der Waals surface area contributed by atoms with Gasteiger partial charge in [-0.1, -0.05) is 19.3 Å². The lowest BCUT2D eigenvalue weighted by atomic mass is 9.95. The average Bonchev–Trinajstić information content (AvgIpc) is 2.48. The van der Waals surface area contributed by atoms with Gasteiger partial charge >= 0.3 is 6.03 Å². The third-order valence-corrected chi connectivity index (χ3v) is 4.74. The van der Waals surface area contributed by atoms with E-state index in [1.807, 2.05) is 0 Å². The SMILES string of the molecule is NCCC1CCCN(CC(=O)NC(=O)NC2CCCCC2)C1. The molecule has 1 heterocycles. The molecule has 0 aromatic rings. The number of hydrogen-bond acceptors (Lipinski definition) is 4. The molecule has 1 saturated heterocycles. The lowest BCUT2D eigenvalue weighted by Crippen LogP contribution is -2.49. The number of imide groups is 1. The van der Waals surface area contributed by atoms with Gasteiger partial charge in [-0.2, -0.15) is 0 Å². The van der Waals surface area contributed by atoms with E-state index in [0.29, 0.717) is 19.0 Å². The third-order valence-electron chi connectivity index (χ3n) is 4.74. The highest BCUT2D eigenvalue weighted by atomic mass is 16.2. The van der Waals surface area contributed by atoms with Crippen molar-refractivity contribution in [1.82, 2.24) is 15.5 Å².